The van der Waals surface area contributed by atoms with E-state index >= 15 is 0 Å². The zero-order valence-electron chi connectivity index (χ0n) is 31.8. The Kier molecular flexibility index (Phi) is 16.4. The first-order valence-electron chi connectivity index (χ1n) is 17.1. The molecule has 3 rings (SSSR count). The third kappa shape index (κ3) is 13.7. The third-order valence-electron chi connectivity index (χ3n) is 7.58. The summed E-state index contributed by atoms with van der Waals surface area (Å²) in [5.41, 5.74) is 0.825. The maximum absolute atomic E-state index is 12.1. The highest BCUT2D eigenvalue weighted by Crippen LogP contribution is 2.31. The lowest BCUT2D eigenvalue weighted by Crippen LogP contribution is -2.62. The van der Waals surface area contributed by atoms with Crippen molar-refractivity contribution in [1.82, 2.24) is 0 Å². The molecule has 0 spiro atoms. The number of carbonyl (C=O) groups is 8. The molecule has 0 aliphatic carbocycles. The molecule has 2 aliphatic heterocycles. The molecule has 2 saturated heterocycles. The molecule has 1 aromatic carbocycles. The van der Waals surface area contributed by atoms with Crippen molar-refractivity contribution in [2.24, 2.45) is 0 Å². The van der Waals surface area contributed by atoms with Crippen LogP contribution in [-0.4, -0.2) is 122 Å². The van der Waals surface area contributed by atoms with Crippen LogP contribution in [0.15, 0.2) is 24.3 Å². The molecule has 0 aromatic heterocycles. The summed E-state index contributed by atoms with van der Waals surface area (Å²) >= 11 is 0. The van der Waals surface area contributed by atoms with Crippen LogP contribution in [0, 0.1) is 23.7 Å². The summed E-state index contributed by atoms with van der Waals surface area (Å²) in [6.45, 7) is 8.14. The van der Waals surface area contributed by atoms with Crippen molar-refractivity contribution in [3.8, 4) is 23.7 Å². The van der Waals surface area contributed by atoms with E-state index in [2.05, 4.69) is 23.7 Å². The monoisotopic (exact) mass is 786 g/mol. The van der Waals surface area contributed by atoms with Crippen LogP contribution in [0.25, 0.3) is 0 Å². The molecular weight excluding hydrogens is 744 g/mol. The summed E-state index contributed by atoms with van der Waals surface area (Å²) in [4.78, 5) is 95.6. The molecular formula is C38H42O18. The number of hydrogen-bond acceptors (Lipinski definition) is 18. The lowest BCUT2D eigenvalue weighted by molar-refractivity contribution is -0.243. The Hall–Kier alpha value is -5.98. The minimum absolute atomic E-state index is 0.413. The van der Waals surface area contributed by atoms with E-state index in [1.807, 2.05) is 0 Å². The molecule has 0 bridgehead atoms. The van der Waals surface area contributed by atoms with Crippen LogP contribution in [-0.2, 0) is 85.7 Å². The fraction of sp³-hybridized carbons (Fsp3) is 0.526. The second-order valence-electron chi connectivity index (χ2n) is 12.4. The van der Waals surface area contributed by atoms with Crippen molar-refractivity contribution < 1.29 is 85.7 Å². The highest BCUT2D eigenvalue weighted by Gasteiger charge is 2.53. The van der Waals surface area contributed by atoms with Gasteiger partial charge < -0.3 is 47.4 Å². The van der Waals surface area contributed by atoms with Gasteiger partial charge in [0.05, 0.1) is 0 Å². The Labute approximate surface area is 322 Å². The van der Waals surface area contributed by atoms with E-state index in [1.165, 1.54) is 0 Å². The summed E-state index contributed by atoms with van der Waals surface area (Å²) in [7, 11) is 0. The van der Waals surface area contributed by atoms with Gasteiger partial charge in [0.25, 0.3) is 0 Å². The Balaban J connectivity index is 1.97. The van der Waals surface area contributed by atoms with Gasteiger partial charge in [-0.3, -0.25) is 38.4 Å². The fourth-order valence-electron chi connectivity index (χ4n) is 5.63. The molecule has 18 heteroatoms. The number of ether oxygens (including phenoxy) is 10. The first-order valence-corrected chi connectivity index (χ1v) is 17.1. The van der Waals surface area contributed by atoms with Gasteiger partial charge in [-0.25, -0.2) is 0 Å². The lowest BCUT2D eigenvalue weighted by atomic mass is 9.94. The summed E-state index contributed by atoms with van der Waals surface area (Å²) in [5, 5.41) is 0. The topological polar surface area (TPSA) is 229 Å². The van der Waals surface area contributed by atoms with Crippen LogP contribution >= 0.6 is 0 Å². The predicted octanol–water partition coefficient (Wildman–Crippen LogP) is 0.641. The second kappa shape index (κ2) is 20.6. The van der Waals surface area contributed by atoms with Gasteiger partial charge in [-0.15, -0.1) is 0 Å². The highest BCUT2D eigenvalue weighted by molar-refractivity contribution is 5.70. The van der Waals surface area contributed by atoms with E-state index in [1.54, 1.807) is 24.3 Å². The van der Waals surface area contributed by atoms with Gasteiger partial charge in [0.15, 0.2) is 48.8 Å². The van der Waals surface area contributed by atoms with Crippen molar-refractivity contribution in [3.05, 3.63) is 35.4 Å². The molecule has 2 fully saturated rings. The Morgan fingerprint density at radius 1 is 0.429 bits per heavy atom. The average Bonchev–Trinajstić information content (AvgIpc) is 3.08. The predicted molar refractivity (Wildman–Crippen MR) is 184 cm³/mol. The smallest absolute Gasteiger partial charge is 0.303 e. The van der Waals surface area contributed by atoms with E-state index in [0.29, 0.717) is 11.1 Å². The molecule has 2 aliphatic rings. The van der Waals surface area contributed by atoms with Crippen molar-refractivity contribution in [1.29, 1.82) is 0 Å². The van der Waals surface area contributed by atoms with Crippen LogP contribution in [0.2, 0.25) is 0 Å². The first kappa shape index (κ1) is 44.4. The second-order valence-corrected chi connectivity index (χ2v) is 12.4. The standard InChI is InChI=1S/C38H42O18/c1-19(39)47-17-31-35(51-23(5)43)37(53-25(7)45)33(49-21(3)41)29(55-31)15-13-27-9-11-28(12-10-27)14-16-30-34(50-22(4)42)38(54-26(8)46)36(52-24(6)44)32(56-30)18-48-20(2)40/h9-12,29-38H,17-18H2,1-8H3/t29-,30-,31-,32-,33-,34-,35-,36-,37-,38-/m1/s1. The van der Waals surface area contributed by atoms with Crippen LogP contribution < -0.4 is 0 Å². The quantitative estimate of drug-likeness (QED) is 0.180. The average molecular weight is 787 g/mol. The number of esters is 8. The van der Waals surface area contributed by atoms with E-state index in [-0.39, 0.29) is 0 Å². The molecule has 0 unspecified atom stereocenters. The fourth-order valence-corrected chi connectivity index (χ4v) is 5.63. The number of carbonyl (C=O) groups excluding carboxylic acids is 8. The first-order chi connectivity index (χ1) is 26.3. The molecule has 0 amide bonds. The molecule has 18 nitrogen and oxygen atoms in total. The zero-order valence-corrected chi connectivity index (χ0v) is 31.8. The molecule has 56 heavy (non-hydrogen) atoms. The molecule has 10 atom stereocenters. The number of hydrogen-bond donors (Lipinski definition) is 0. The summed E-state index contributed by atoms with van der Waals surface area (Å²) in [6, 6.07) is 6.32. The van der Waals surface area contributed by atoms with Crippen LogP contribution in [0.5, 0.6) is 0 Å². The molecule has 0 saturated carbocycles. The Bertz CT molecular complexity index is 1650. The highest BCUT2D eigenvalue weighted by atomic mass is 16.7. The van der Waals surface area contributed by atoms with Gasteiger partial charge in [-0.1, -0.05) is 23.7 Å². The number of benzene rings is 1. The molecule has 2 heterocycles. The molecule has 1 aromatic rings. The maximum atomic E-state index is 12.1. The maximum Gasteiger partial charge on any atom is 0.303 e. The van der Waals surface area contributed by atoms with E-state index in [0.717, 1.165) is 55.4 Å². The summed E-state index contributed by atoms with van der Waals surface area (Å²) in [6.07, 6.45) is -13.1. The third-order valence-corrected chi connectivity index (χ3v) is 7.58. The minimum Gasteiger partial charge on any atom is -0.463 e. The van der Waals surface area contributed by atoms with Crippen molar-refractivity contribution in [2.45, 2.75) is 116 Å². The van der Waals surface area contributed by atoms with E-state index < -0.39 is 122 Å². The van der Waals surface area contributed by atoms with Crippen molar-refractivity contribution in [2.75, 3.05) is 13.2 Å². The van der Waals surface area contributed by atoms with Crippen LogP contribution in [0.3, 0.4) is 0 Å². The molecule has 302 valence electrons. The van der Waals surface area contributed by atoms with Gasteiger partial charge in [-0.2, -0.15) is 0 Å². The van der Waals surface area contributed by atoms with E-state index in [4.69, 9.17) is 47.4 Å². The SMILES string of the molecule is CC(=O)OC[C@H]1O[C@H](C#Cc2ccc(C#C[C@H]3O[C@H](COC(C)=O)[C@@H](OC(C)=O)[C@H](OC(C)=O)[C@@H]3OC(C)=O)cc2)[C@@H](OC(C)=O)[C@@H](OC(C)=O)[C@@H]1OC(C)=O. The molecule has 0 N–H and O–H groups in total. The van der Waals surface area contributed by atoms with Crippen molar-refractivity contribution in [3.63, 3.8) is 0 Å². The molecule has 0 radical (unpaired) electrons. The number of rotatable bonds is 10. The van der Waals surface area contributed by atoms with Gasteiger partial charge in [0, 0.05) is 66.5 Å². The normalized spacial score (nSPS) is 26.5. The van der Waals surface area contributed by atoms with Crippen molar-refractivity contribution >= 4 is 47.8 Å². The lowest BCUT2D eigenvalue weighted by Gasteiger charge is -2.42. The summed E-state index contributed by atoms with van der Waals surface area (Å²) < 4.78 is 54.7. The Morgan fingerprint density at radius 2 is 0.696 bits per heavy atom. The van der Waals surface area contributed by atoms with Gasteiger partial charge in [0.1, 0.15) is 25.4 Å². The van der Waals surface area contributed by atoms with Gasteiger partial charge in [-0.05, 0) is 24.3 Å². The van der Waals surface area contributed by atoms with E-state index in [9.17, 15) is 38.4 Å². The zero-order chi connectivity index (χ0) is 41.7. The largest absolute Gasteiger partial charge is 0.463 e. The van der Waals surface area contributed by atoms with Gasteiger partial charge in [0.2, 0.25) is 0 Å². The van der Waals surface area contributed by atoms with Crippen LogP contribution in [0.1, 0.15) is 66.5 Å². The van der Waals surface area contributed by atoms with Crippen LogP contribution in [0.4, 0.5) is 0 Å². The minimum atomic E-state index is -1.39. The summed E-state index contributed by atoms with van der Waals surface area (Å²) in [5.74, 6) is 5.44. The van der Waals surface area contributed by atoms with Gasteiger partial charge >= 0.3 is 47.8 Å². The Morgan fingerprint density at radius 3 is 0.964 bits per heavy atom.